The number of fused-ring (bicyclic) bond motifs is 1. The molecule has 0 unspecified atom stereocenters. The third-order valence-electron chi connectivity index (χ3n) is 4.72. The minimum atomic E-state index is -3.77. The number of hydrogen-bond acceptors (Lipinski definition) is 4. The fourth-order valence-corrected chi connectivity index (χ4v) is 4.47. The number of H-pyrrole nitrogens is 1. The van der Waals surface area contributed by atoms with Gasteiger partial charge in [-0.05, 0) is 43.0 Å². The molecule has 1 N–H and O–H groups in total. The molecule has 3 rings (SSSR count). The average Bonchev–Trinajstić information content (AvgIpc) is 2.66. The maximum absolute atomic E-state index is 13.1. The minimum absolute atomic E-state index is 0.0290. The number of nitrogens with one attached hydrogen (secondary N) is 1. The number of pyridine rings is 1. The van der Waals surface area contributed by atoms with Gasteiger partial charge in [-0.15, -0.1) is 0 Å². The number of aromatic amines is 1. The second-order valence-electron chi connectivity index (χ2n) is 6.81. The van der Waals surface area contributed by atoms with Crippen LogP contribution in [0.5, 0.6) is 0 Å². The highest BCUT2D eigenvalue weighted by Crippen LogP contribution is 2.20. The second kappa shape index (κ2) is 8.26. The Morgan fingerprint density at radius 3 is 2.46 bits per heavy atom. The van der Waals surface area contributed by atoms with Gasteiger partial charge >= 0.3 is 0 Å². The quantitative estimate of drug-likeness (QED) is 0.661. The van der Waals surface area contributed by atoms with E-state index in [1.165, 1.54) is 11.4 Å². The Hall–Kier alpha value is -2.48. The lowest BCUT2D eigenvalue weighted by molar-refractivity contribution is 0.177. The van der Waals surface area contributed by atoms with E-state index < -0.39 is 10.0 Å². The zero-order chi connectivity index (χ0) is 20.3. The molecule has 0 saturated carbocycles. The normalized spacial score (nSPS) is 12.0. The molecule has 0 bridgehead atoms. The number of sulfonamides is 1. The van der Waals surface area contributed by atoms with Crippen molar-refractivity contribution in [2.75, 3.05) is 20.3 Å². The van der Waals surface area contributed by atoms with Crippen LogP contribution in [0, 0.1) is 13.8 Å². The Labute approximate surface area is 164 Å². The number of hydrogen-bond donors (Lipinski definition) is 1. The molecule has 0 amide bonds. The summed E-state index contributed by atoms with van der Waals surface area (Å²) in [6.45, 7) is 4.17. The topological polar surface area (TPSA) is 79.5 Å². The molecule has 0 spiro atoms. The number of aryl methyl sites for hydroxylation is 2. The molecule has 0 radical (unpaired) electrons. The smallest absolute Gasteiger partial charge is 0.252 e. The van der Waals surface area contributed by atoms with Crippen molar-refractivity contribution in [2.45, 2.75) is 25.3 Å². The lowest BCUT2D eigenvalue weighted by Gasteiger charge is -2.22. The van der Waals surface area contributed by atoms with Crippen LogP contribution < -0.4 is 5.56 Å². The number of aromatic nitrogens is 1. The van der Waals surface area contributed by atoms with Gasteiger partial charge in [0.15, 0.2) is 0 Å². The molecule has 0 fully saturated rings. The maximum atomic E-state index is 13.1. The first-order valence-electron chi connectivity index (χ1n) is 9.00. The van der Waals surface area contributed by atoms with Gasteiger partial charge in [0, 0.05) is 25.8 Å². The number of benzene rings is 2. The zero-order valence-electron chi connectivity index (χ0n) is 16.2. The summed E-state index contributed by atoms with van der Waals surface area (Å²) in [5, 5.41) is 0.869. The average molecular weight is 401 g/mol. The Morgan fingerprint density at radius 2 is 1.79 bits per heavy atom. The van der Waals surface area contributed by atoms with E-state index in [9.17, 15) is 13.2 Å². The first-order valence-corrected chi connectivity index (χ1v) is 10.4. The molecule has 0 aliphatic rings. The highest BCUT2D eigenvalue weighted by molar-refractivity contribution is 7.89. The Balaban J connectivity index is 2.01. The molecule has 3 aromatic rings. The lowest BCUT2D eigenvalue weighted by atomic mass is 10.1. The van der Waals surface area contributed by atoms with Crippen molar-refractivity contribution in [3.8, 4) is 0 Å². The molecule has 0 aliphatic carbocycles. The first kappa shape index (κ1) is 20.3. The molecule has 1 aromatic heterocycles. The maximum Gasteiger partial charge on any atom is 0.252 e. The summed E-state index contributed by atoms with van der Waals surface area (Å²) in [4.78, 5) is 15.7. The van der Waals surface area contributed by atoms with E-state index in [0.29, 0.717) is 5.56 Å². The van der Waals surface area contributed by atoms with Gasteiger partial charge in [-0.3, -0.25) is 4.79 Å². The lowest BCUT2D eigenvalue weighted by Crippen LogP contribution is -2.35. The Kier molecular flexibility index (Phi) is 5.98. The van der Waals surface area contributed by atoms with Crippen LogP contribution in [-0.4, -0.2) is 38.0 Å². The number of methoxy groups -OCH3 is 1. The van der Waals surface area contributed by atoms with Crippen LogP contribution in [0.2, 0.25) is 0 Å². The van der Waals surface area contributed by atoms with Crippen LogP contribution in [0.25, 0.3) is 10.9 Å². The molecule has 6 nitrogen and oxygen atoms in total. The molecule has 7 heteroatoms. The van der Waals surface area contributed by atoms with Crippen LogP contribution in [0.4, 0.5) is 0 Å². The van der Waals surface area contributed by atoms with Gasteiger partial charge in [-0.1, -0.05) is 35.9 Å². The summed E-state index contributed by atoms with van der Waals surface area (Å²) < 4.78 is 32.7. The largest absolute Gasteiger partial charge is 0.383 e. The number of para-hydroxylation sites is 1. The van der Waals surface area contributed by atoms with E-state index in [2.05, 4.69) is 4.98 Å². The summed E-state index contributed by atoms with van der Waals surface area (Å²) in [5.74, 6) is 0. The molecule has 2 aromatic carbocycles. The van der Waals surface area contributed by atoms with Crippen molar-refractivity contribution < 1.29 is 13.2 Å². The van der Waals surface area contributed by atoms with Crippen LogP contribution in [-0.2, 0) is 21.3 Å². The van der Waals surface area contributed by atoms with Crippen molar-refractivity contribution in [3.63, 3.8) is 0 Å². The predicted octanol–water partition coefficient (Wildman–Crippen LogP) is 2.98. The molecule has 0 saturated heterocycles. The van der Waals surface area contributed by atoms with Crippen molar-refractivity contribution in [2.24, 2.45) is 0 Å². The van der Waals surface area contributed by atoms with Crippen LogP contribution >= 0.6 is 0 Å². The summed E-state index contributed by atoms with van der Waals surface area (Å²) in [6, 6.07) is 14.2. The van der Waals surface area contributed by atoms with Crippen molar-refractivity contribution in [1.29, 1.82) is 0 Å². The van der Waals surface area contributed by atoms with Crippen LogP contribution in [0.1, 0.15) is 16.7 Å². The van der Waals surface area contributed by atoms with Gasteiger partial charge in [0.25, 0.3) is 5.56 Å². The van der Waals surface area contributed by atoms with Gasteiger partial charge in [0.1, 0.15) is 0 Å². The van der Waals surface area contributed by atoms with Crippen LogP contribution in [0.3, 0.4) is 0 Å². The molecule has 1 heterocycles. The molecule has 0 aliphatic heterocycles. The zero-order valence-corrected chi connectivity index (χ0v) is 17.0. The van der Waals surface area contributed by atoms with E-state index >= 15 is 0 Å². The number of ether oxygens (including phenoxy) is 1. The molecule has 28 heavy (non-hydrogen) atoms. The fraction of sp³-hybridized carbons (Fsp3) is 0.286. The van der Waals surface area contributed by atoms with Crippen LogP contribution in [0.15, 0.2) is 58.2 Å². The Bertz CT molecular complexity index is 1140. The van der Waals surface area contributed by atoms with E-state index in [1.807, 2.05) is 32.0 Å². The van der Waals surface area contributed by atoms with Gasteiger partial charge in [-0.2, -0.15) is 4.31 Å². The van der Waals surface area contributed by atoms with Gasteiger partial charge in [-0.25, -0.2) is 8.42 Å². The van der Waals surface area contributed by atoms with E-state index in [1.54, 1.807) is 30.3 Å². The van der Waals surface area contributed by atoms with Gasteiger partial charge in [0.2, 0.25) is 10.0 Å². The predicted molar refractivity (Wildman–Crippen MR) is 110 cm³/mol. The molecular weight excluding hydrogens is 376 g/mol. The second-order valence-corrected chi connectivity index (χ2v) is 8.75. The molecule has 148 valence electrons. The summed E-state index contributed by atoms with van der Waals surface area (Å²) in [6.07, 6.45) is 0. The standard InChI is InChI=1S/C21H24N2O4S/c1-15-7-9-19(10-8-15)28(25,26)23(11-12-27-3)14-18-13-17-6-4-5-16(2)20(17)22-21(18)24/h4-10,13H,11-12,14H2,1-3H3,(H,22,24). The van der Waals surface area contributed by atoms with E-state index in [4.69, 9.17) is 4.74 Å². The van der Waals surface area contributed by atoms with Crippen molar-refractivity contribution in [1.82, 2.24) is 9.29 Å². The van der Waals surface area contributed by atoms with Gasteiger partial charge in [0.05, 0.1) is 17.0 Å². The third-order valence-corrected chi connectivity index (χ3v) is 6.57. The SMILES string of the molecule is COCCN(Cc1cc2cccc(C)c2[nH]c1=O)S(=O)(=O)c1ccc(C)cc1. The Morgan fingerprint density at radius 1 is 1.07 bits per heavy atom. The summed E-state index contributed by atoms with van der Waals surface area (Å²) in [5.41, 5.74) is 2.81. The minimum Gasteiger partial charge on any atom is -0.383 e. The van der Waals surface area contributed by atoms with Crippen molar-refractivity contribution >= 4 is 20.9 Å². The molecule has 0 atom stereocenters. The van der Waals surface area contributed by atoms with E-state index in [-0.39, 0.29) is 30.2 Å². The first-order chi connectivity index (χ1) is 13.3. The third kappa shape index (κ3) is 4.16. The van der Waals surface area contributed by atoms with E-state index in [0.717, 1.165) is 22.0 Å². The van der Waals surface area contributed by atoms with Crippen molar-refractivity contribution in [3.05, 3.63) is 75.6 Å². The highest BCUT2D eigenvalue weighted by atomic mass is 32.2. The fourth-order valence-electron chi connectivity index (χ4n) is 3.07. The summed E-state index contributed by atoms with van der Waals surface area (Å²) >= 11 is 0. The van der Waals surface area contributed by atoms with Gasteiger partial charge < -0.3 is 9.72 Å². The monoisotopic (exact) mass is 400 g/mol. The highest BCUT2D eigenvalue weighted by Gasteiger charge is 2.25. The summed E-state index contributed by atoms with van der Waals surface area (Å²) in [7, 11) is -2.25. The molecular formula is C21H24N2O4S. The number of nitrogens with zero attached hydrogens (tertiary/aromatic N) is 1. The number of rotatable bonds is 7.